The summed E-state index contributed by atoms with van der Waals surface area (Å²) in [5, 5.41) is 3.62. The summed E-state index contributed by atoms with van der Waals surface area (Å²) in [6, 6.07) is 16.7. The molecule has 1 heterocycles. The van der Waals surface area contributed by atoms with E-state index in [0.29, 0.717) is 0 Å². The molecule has 1 aromatic carbocycles. The quantitative estimate of drug-likeness (QED) is 0.783. The number of nitrogens with one attached hydrogen (secondary N) is 1. The molecule has 0 aliphatic rings. The summed E-state index contributed by atoms with van der Waals surface area (Å²) in [7, 11) is 4.21. The van der Waals surface area contributed by atoms with Gasteiger partial charge in [0.1, 0.15) is 0 Å². The van der Waals surface area contributed by atoms with Gasteiger partial charge < -0.3 is 10.2 Å². The van der Waals surface area contributed by atoms with Crippen LogP contribution in [0.25, 0.3) is 0 Å². The number of benzene rings is 1. The van der Waals surface area contributed by atoms with Crippen molar-refractivity contribution in [2.24, 2.45) is 0 Å². The highest BCUT2D eigenvalue weighted by Gasteiger charge is 2.13. The van der Waals surface area contributed by atoms with Crippen LogP contribution in [-0.2, 0) is 0 Å². The van der Waals surface area contributed by atoms with Gasteiger partial charge in [0, 0.05) is 6.20 Å². The first-order valence-corrected chi connectivity index (χ1v) is 7.11. The van der Waals surface area contributed by atoms with Crippen molar-refractivity contribution in [3.8, 4) is 0 Å². The first-order valence-electron chi connectivity index (χ1n) is 7.11. The molecule has 0 saturated heterocycles. The van der Waals surface area contributed by atoms with Crippen molar-refractivity contribution in [2.75, 3.05) is 27.2 Å². The molecular formula is C17H23N3. The van der Waals surface area contributed by atoms with E-state index in [4.69, 9.17) is 0 Å². The van der Waals surface area contributed by atoms with Crippen LogP contribution in [0.3, 0.4) is 0 Å². The molecule has 0 saturated carbocycles. The predicted octanol–water partition coefficient (Wildman–Crippen LogP) is 2.71. The summed E-state index contributed by atoms with van der Waals surface area (Å²) in [4.78, 5) is 6.70. The van der Waals surface area contributed by atoms with E-state index in [1.54, 1.807) is 0 Å². The van der Waals surface area contributed by atoms with E-state index >= 15 is 0 Å². The number of rotatable bonds is 7. The molecule has 20 heavy (non-hydrogen) atoms. The van der Waals surface area contributed by atoms with Gasteiger partial charge in [-0.15, -0.1) is 0 Å². The first kappa shape index (κ1) is 14.7. The molecule has 1 N–H and O–H groups in total. The monoisotopic (exact) mass is 269 g/mol. The number of pyridine rings is 1. The fourth-order valence-electron chi connectivity index (χ4n) is 2.23. The molecule has 3 nitrogen and oxygen atoms in total. The molecule has 0 aliphatic heterocycles. The molecule has 1 unspecified atom stereocenters. The maximum absolute atomic E-state index is 4.50. The minimum absolute atomic E-state index is 0.166. The molecule has 106 valence electrons. The van der Waals surface area contributed by atoms with Crippen LogP contribution in [-0.4, -0.2) is 37.1 Å². The maximum Gasteiger partial charge on any atom is 0.0751 e. The lowest BCUT2D eigenvalue weighted by Gasteiger charge is -2.19. The van der Waals surface area contributed by atoms with Crippen LogP contribution < -0.4 is 5.32 Å². The summed E-state index contributed by atoms with van der Waals surface area (Å²) in [6.07, 6.45) is 2.98. The van der Waals surface area contributed by atoms with Crippen molar-refractivity contribution in [3.05, 3.63) is 66.0 Å². The second kappa shape index (κ2) is 7.78. The Balaban J connectivity index is 2.06. The molecule has 2 rings (SSSR count). The van der Waals surface area contributed by atoms with Crippen LogP contribution in [0.5, 0.6) is 0 Å². The minimum Gasteiger partial charge on any atom is -0.309 e. The molecule has 0 amide bonds. The highest BCUT2D eigenvalue weighted by molar-refractivity contribution is 5.27. The van der Waals surface area contributed by atoms with Crippen LogP contribution in [0.2, 0.25) is 0 Å². The summed E-state index contributed by atoms with van der Waals surface area (Å²) >= 11 is 0. The van der Waals surface area contributed by atoms with Crippen molar-refractivity contribution in [1.29, 1.82) is 0 Å². The minimum atomic E-state index is 0.166. The first-order chi connectivity index (χ1) is 9.77. The number of hydrogen-bond acceptors (Lipinski definition) is 3. The SMILES string of the molecule is CN(C)CCCNC(c1ccccc1)c1ccccn1. The fraction of sp³-hybridized carbons (Fsp3) is 0.353. The summed E-state index contributed by atoms with van der Waals surface area (Å²) < 4.78 is 0. The van der Waals surface area contributed by atoms with Gasteiger partial charge in [0.2, 0.25) is 0 Å². The Morgan fingerprint density at radius 2 is 1.80 bits per heavy atom. The van der Waals surface area contributed by atoms with Crippen molar-refractivity contribution in [1.82, 2.24) is 15.2 Å². The standard InChI is InChI=1S/C17H23N3/c1-20(2)14-8-13-19-17(15-9-4-3-5-10-15)16-11-6-7-12-18-16/h3-7,9-12,17,19H,8,13-14H2,1-2H3. The van der Waals surface area contributed by atoms with E-state index in [1.165, 1.54) is 5.56 Å². The number of aromatic nitrogens is 1. The van der Waals surface area contributed by atoms with Gasteiger partial charge >= 0.3 is 0 Å². The van der Waals surface area contributed by atoms with Gasteiger partial charge in [-0.3, -0.25) is 4.98 Å². The number of nitrogens with zero attached hydrogens (tertiary/aromatic N) is 2. The van der Waals surface area contributed by atoms with Gasteiger partial charge in [0.15, 0.2) is 0 Å². The highest BCUT2D eigenvalue weighted by atomic mass is 15.1. The van der Waals surface area contributed by atoms with Crippen LogP contribution >= 0.6 is 0 Å². The second-order valence-corrected chi connectivity index (χ2v) is 5.21. The van der Waals surface area contributed by atoms with Crippen molar-refractivity contribution >= 4 is 0 Å². The smallest absolute Gasteiger partial charge is 0.0751 e. The molecule has 2 aromatic rings. The highest BCUT2D eigenvalue weighted by Crippen LogP contribution is 2.19. The van der Waals surface area contributed by atoms with E-state index in [0.717, 1.165) is 25.2 Å². The van der Waals surface area contributed by atoms with E-state index < -0.39 is 0 Å². The molecule has 1 aromatic heterocycles. The van der Waals surface area contributed by atoms with Gasteiger partial charge in [-0.25, -0.2) is 0 Å². The van der Waals surface area contributed by atoms with Gasteiger partial charge in [-0.05, 0) is 51.3 Å². The van der Waals surface area contributed by atoms with E-state index in [2.05, 4.69) is 59.6 Å². The zero-order chi connectivity index (χ0) is 14.2. The normalized spacial score (nSPS) is 12.6. The van der Waals surface area contributed by atoms with Crippen LogP contribution in [0.15, 0.2) is 54.7 Å². The van der Waals surface area contributed by atoms with E-state index in [-0.39, 0.29) is 6.04 Å². The molecule has 0 aliphatic carbocycles. The Morgan fingerprint density at radius 3 is 2.45 bits per heavy atom. The third-order valence-electron chi connectivity index (χ3n) is 3.25. The fourth-order valence-corrected chi connectivity index (χ4v) is 2.23. The van der Waals surface area contributed by atoms with E-state index in [9.17, 15) is 0 Å². The Hall–Kier alpha value is -1.71. The summed E-state index contributed by atoms with van der Waals surface area (Å²) in [5.74, 6) is 0. The average molecular weight is 269 g/mol. The third kappa shape index (κ3) is 4.44. The molecule has 1 atom stereocenters. The van der Waals surface area contributed by atoms with Gasteiger partial charge in [-0.1, -0.05) is 36.4 Å². The lowest BCUT2D eigenvalue weighted by atomic mass is 10.0. The molecule has 0 spiro atoms. The predicted molar refractivity (Wildman–Crippen MR) is 83.7 cm³/mol. The maximum atomic E-state index is 4.50. The average Bonchev–Trinajstić information content (AvgIpc) is 2.49. The van der Waals surface area contributed by atoms with Crippen molar-refractivity contribution in [3.63, 3.8) is 0 Å². The van der Waals surface area contributed by atoms with Crippen LogP contribution in [0.4, 0.5) is 0 Å². The lowest BCUT2D eigenvalue weighted by Crippen LogP contribution is -2.26. The molecule has 0 radical (unpaired) electrons. The molecule has 0 bridgehead atoms. The van der Waals surface area contributed by atoms with Crippen LogP contribution in [0.1, 0.15) is 23.7 Å². The summed E-state index contributed by atoms with van der Waals surface area (Å²) in [5.41, 5.74) is 2.33. The van der Waals surface area contributed by atoms with Gasteiger partial charge in [-0.2, -0.15) is 0 Å². The number of hydrogen-bond donors (Lipinski definition) is 1. The zero-order valence-corrected chi connectivity index (χ0v) is 12.3. The Bertz CT molecular complexity index is 443. The third-order valence-corrected chi connectivity index (χ3v) is 3.25. The lowest BCUT2D eigenvalue weighted by molar-refractivity contribution is 0.390. The molecule has 3 heteroatoms. The van der Waals surface area contributed by atoms with Gasteiger partial charge in [0.25, 0.3) is 0 Å². The van der Waals surface area contributed by atoms with Crippen molar-refractivity contribution < 1.29 is 0 Å². The topological polar surface area (TPSA) is 28.2 Å². The molecular weight excluding hydrogens is 246 g/mol. The Labute approximate surface area is 121 Å². The van der Waals surface area contributed by atoms with Gasteiger partial charge in [0.05, 0.1) is 11.7 Å². The second-order valence-electron chi connectivity index (χ2n) is 5.21. The summed E-state index contributed by atoms with van der Waals surface area (Å²) in [6.45, 7) is 2.07. The Kier molecular flexibility index (Phi) is 5.71. The van der Waals surface area contributed by atoms with E-state index in [1.807, 2.05) is 24.4 Å². The molecule has 0 fully saturated rings. The Morgan fingerprint density at radius 1 is 1.05 bits per heavy atom. The zero-order valence-electron chi connectivity index (χ0n) is 12.3. The van der Waals surface area contributed by atoms with Crippen molar-refractivity contribution in [2.45, 2.75) is 12.5 Å². The largest absolute Gasteiger partial charge is 0.309 e. The van der Waals surface area contributed by atoms with Crippen LogP contribution in [0, 0.1) is 0 Å².